The highest BCUT2D eigenvalue weighted by Crippen LogP contribution is 2.16. The molecule has 1 aliphatic heterocycles. The zero-order valence-corrected chi connectivity index (χ0v) is 8.69. The third-order valence-corrected chi connectivity index (χ3v) is 2.67. The molecule has 0 aromatic carbocycles. The number of amides is 1. The van der Waals surface area contributed by atoms with Gasteiger partial charge in [0.25, 0.3) is 0 Å². The van der Waals surface area contributed by atoms with E-state index in [1.54, 1.807) is 11.9 Å². The van der Waals surface area contributed by atoms with E-state index in [9.17, 15) is 4.79 Å². The molecular weight excluding hydrogens is 180 g/mol. The van der Waals surface area contributed by atoms with E-state index in [4.69, 9.17) is 10.00 Å². The molecule has 0 saturated carbocycles. The van der Waals surface area contributed by atoms with Crippen molar-refractivity contribution in [1.82, 2.24) is 4.90 Å². The Morgan fingerprint density at radius 2 is 2.50 bits per heavy atom. The fraction of sp³-hybridized carbons (Fsp3) is 0.800. The van der Waals surface area contributed by atoms with Gasteiger partial charge in [-0.2, -0.15) is 5.26 Å². The summed E-state index contributed by atoms with van der Waals surface area (Å²) in [5.41, 5.74) is 0. The molecule has 0 radical (unpaired) electrons. The molecule has 2 atom stereocenters. The minimum absolute atomic E-state index is 0.00106. The van der Waals surface area contributed by atoms with Crippen molar-refractivity contribution >= 4 is 5.91 Å². The third kappa shape index (κ3) is 2.46. The Bertz CT molecular complexity index is 241. The fourth-order valence-corrected chi connectivity index (χ4v) is 1.50. The highest BCUT2D eigenvalue weighted by atomic mass is 16.5. The minimum Gasteiger partial charge on any atom is -0.381 e. The van der Waals surface area contributed by atoms with Crippen molar-refractivity contribution < 1.29 is 9.53 Å². The fourth-order valence-electron chi connectivity index (χ4n) is 1.50. The van der Waals surface area contributed by atoms with Crippen molar-refractivity contribution in [2.75, 3.05) is 20.3 Å². The van der Waals surface area contributed by atoms with Gasteiger partial charge in [-0.05, 0) is 13.3 Å². The summed E-state index contributed by atoms with van der Waals surface area (Å²) < 4.78 is 5.16. The van der Waals surface area contributed by atoms with E-state index in [2.05, 4.69) is 6.07 Å². The lowest BCUT2D eigenvalue weighted by Crippen LogP contribution is -2.39. The standard InChI is InChI=1S/C10H16N2O2/c1-8(3-5-11)12(2)10(13)9-4-6-14-7-9/h8-9H,3-4,6-7H2,1-2H3. The summed E-state index contributed by atoms with van der Waals surface area (Å²) >= 11 is 0. The van der Waals surface area contributed by atoms with Crippen molar-refractivity contribution in [3.05, 3.63) is 0 Å². The van der Waals surface area contributed by atoms with Crippen LogP contribution >= 0.6 is 0 Å². The van der Waals surface area contributed by atoms with Crippen molar-refractivity contribution in [3.63, 3.8) is 0 Å². The van der Waals surface area contributed by atoms with Crippen LogP contribution in [0.4, 0.5) is 0 Å². The van der Waals surface area contributed by atoms with E-state index < -0.39 is 0 Å². The Morgan fingerprint density at radius 3 is 3.00 bits per heavy atom. The van der Waals surface area contributed by atoms with Gasteiger partial charge in [0.2, 0.25) is 5.91 Å². The van der Waals surface area contributed by atoms with Gasteiger partial charge >= 0.3 is 0 Å². The lowest BCUT2D eigenvalue weighted by Gasteiger charge is -2.25. The molecule has 0 N–H and O–H groups in total. The lowest BCUT2D eigenvalue weighted by molar-refractivity contribution is -0.135. The van der Waals surface area contributed by atoms with Crippen LogP contribution < -0.4 is 0 Å². The number of carbonyl (C=O) groups is 1. The summed E-state index contributed by atoms with van der Waals surface area (Å²) in [6.07, 6.45) is 1.19. The molecule has 1 aliphatic rings. The van der Waals surface area contributed by atoms with Crippen LogP contribution in [0.1, 0.15) is 19.8 Å². The van der Waals surface area contributed by atoms with Crippen LogP contribution in [0, 0.1) is 17.2 Å². The predicted octanol–water partition coefficient (Wildman–Crippen LogP) is 0.783. The van der Waals surface area contributed by atoms with Crippen molar-refractivity contribution in [2.45, 2.75) is 25.8 Å². The topological polar surface area (TPSA) is 53.3 Å². The molecule has 4 nitrogen and oxygen atoms in total. The number of hydrogen-bond acceptors (Lipinski definition) is 3. The number of carbonyl (C=O) groups excluding carboxylic acids is 1. The zero-order chi connectivity index (χ0) is 10.6. The highest BCUT2D eigenvalue weighted by molar-refractivity contribution is 5.79. The Morgan fingerprint density at radius 1 is 1.79 bits per heavy atom. The largest absolute Gasteiger partial charge is 0.381 e. The summed E-state index contributed by atoms with van der Waals surface area (Å²) in [6.45, 7) is 3.09. The molecule has 1 heterocycles. The van der Waals surface area contributed by atoms with Crippen LogP contribution in [0.3, 0.4) is 0 Å². The molecule has 2 unspecified atom stereocenters. The lowest BCUT2D eigenvalue weighted by atomic mass is 10.1. The van der Waals surface area contributed by atoms with Gasteiger partial charge in [0, 0.05) is 19.7 Å². The van der Waals surface area contributed by atoms with Crippen molar-refractivity contribution in [3.8, 4) is 6.07 Å². The molecule has 4 heteroatoms. The first-order chi connectivity index (χ1) is 6.66. The van der Waals surface area contributed by atoms with Crippen LogP contribution in [0.5, 0.6) is 0 Å². The molecule has 0 spiro atoms. The van der Waals surface area contributed by atoms with Gasteiger partial charge < -0.3 is 9.64 Å². The molecule has 1 rings (SSSR count). The van der Waals surface area contributed by atoms with Crippen LogP contribution in [-0.2, 0) is 9.53 Å². The SMILES string of the molecule is CC(CC#N)N(C)C(=O)C1CCOC1. The Balaban J connectivity index is 2.47. The van der Waals surface area contributed by atoms with Gasteiger partial charge in [-0.25, -0.2) is 0 Å². The normalized spacial score (nSPS) is 22.8. The number of hydrogen-bond donors (Lipinski definition) is 0. The van der Waals surface area contributed by atoms with Crippen LogP contribution in [-0.4, -0.2) is 37.1 Å². The Hall–Kier alpha value is -1.08. The van der Waals surface area contributed by atoms with E-state index in [-0.39, 0.29) is 17.9 Å². The molecule has 0 aromatic heterocycles. The maximum Gasteiger partial charge on any atom is 0.228 e. The molecule has 78 valence electrons. The van der Waals surface area contributed by atoms with Gasteiger partial charge in [-0.1, -0.05) is 0 Å². The van der Waals surface area contributed by atoms with E-state index in [0.29, 0.717) is 19.6 Å². The summed E-state index contributed by atoms with van der Waals surface area (Å²) in [7, 11) is 1.75. The molecule has 0 aromatic rings. The number of nitriles is 1. The summed E-state index contributed by atoms with van der Waals surface area (Å²) in [4.78, 5) is 13.5. The van der Waals surface area contributed by atoms with E-state index in [0.717, 1.165) is 6.42 Å². The van der Waals surface area contributed by atoms with Gasteiger partial charge in [0.05, 0.1) is 25.0 Å². The van der Waals surface area contributed by atoms with Gasteiger partial charge in [-0.3, -0.25) is 4.79 Å². The van der Waals surface area contributed by atoms with E-state index >= 15 is 0 Å². The maximum atomic E-state index is 11.8. The van der Waals surface area contributed by atoms with E-state index in [1.165, 1.54) is 0 Å². The maximum absolute atomic E-state index is 11.8. The molecular formula is C10H16N2O2. The first-order valence-corrected chi connectivity index (χ1v) is 4.88. The first kappa shape index (κ1) is 11.0. The smallest absolute Gasteiger partial charge is 0.228 e. The average molecular weight is 196 g/mol. The molecule has 0 aliphatic carbocycles. The summed E-state index contributed by atoms with van der Waals surface area (Å²) in [5.74, 6) is 0.103. The third-order valence-electron chi connectivity index (χ3n) is 2.67. The first-order valence-electron chi connectivity index (χ1n) is 4.88. The molecule has 0 bridgehead atoms. The molecule has 1 amide bonds. The van der Waals surface area contributed by atoms with Crippen LogP contribution in [0.25, 0.3) is 0 Å². The second-order valence-electron chi connectivity index (χ2n) is 3.72. The Kier molecular flexibility index (Phi) is 3.90. The van der Waals surface area contributed by atoms with Gasteiger partial charge in [-0.15, -0.1) is 0 Å². The summed E-state index contributed by atoms with van der Waals surface area (Å²) in [5, 5.41) is 8.52. The van der Waals surface area contributed by atoms with Crippen LogP contribution in [0.2, 0.25) is 0 Å². The number of nitrogens with zero attached hydrogens (tertiary/aromatic N) is 2. The summed E-state index contributed by atoms with van der Waals surface area (Å²) in [6, 6.07) is 2.06. The van der Waals surface area contributed by atoms with E-state index in [1.807, 2.05) is 6.92 Å². The van der Waals surface area contributed by atoms with Crippen LogP contribution in [0.15, 0.2) is 0 Å². The van der Waals surface area contributed by atoms with Crippen molar-refractivity contribution in [2.24, 2.45) is 5.92 Å². The monoisotopic (exact) mass is 196 g/mol. The number of ether oxygens (including phenoxy) is 1. The second-order valence-corrected chi connectivity index (χ2v) is 3.72. The minimum atomic E-state index is -0.00639. The van der Waals surface area contributed by atoms with Gasteiger partial charge in [0.1, 0.15) is 0 Å². The quantitative estimate of drug-likeness (QED) is 0.670. The highest BCUT2D eigenvalue weighted by Gasteiger charge is 2.28. The Labute approximate surface area is 84.4 Å². The van der Waals surface area contributed by atoms with Gasteiger partial charge in [0.15, 0.2) is 0 Å². The second kappa shape index (κ2) is 4.97. The predicted molar refractivity (Wildman–Crippen MR) is 51.4 cm³/mol. The average Bonchev–Trinajstić information content (AvgIpc) is 2.68. The molecule has 1 saturated heterocycles. The molecule has 1 fully saturated rings. The van der Waals surface area contributed by atoms with Crippen molar-refractivity contribution in [1.29, 1.82) is 5.26 Å². The zero-order valence-electron chi connectivity index (χ0n) is 8.69. The number of rotatable bonds is 3. The molecule has 14 heavy (non-hydrogen) atoms.